The van der Waals surface area contributed by atoms with Crippen molar-refractivity contribution < 1.29 is 36.5 Å². The Bertz CT molecular complexity index is 1810. The summed E-state index contributed by atoms with van der Waals surface area (Å²) >= 11 is 0. The van der Waals surface area contributed by atoms with Gasteiger partial charge in [0, 0.05) is 17.5 Å². The van der Waals surface area contributed by atoms with Crippen LogP contribution in [0.5, 0.6) is 0 Å². The fourth-order valence-electron chi connectivity index (χ4n) is 6.40. The summed E-state index contributed by atoms with van der Waals surface area (Å²) < 4.78 is 61.5. The molecule has 10 nitrogen and oxygen atoms in total. The number of carbonyl (C=O) groups excluding carboxylic acids is 3. The first-order chi connectivity index (χ1) is 23.3. The maximum Gasteiger partial charge on any atom is 0.418 e. The molecule has 4 aromatic rings. The summed E-state index contributed by atoms with van der Waals surface area (Å²) in [5.74, 6) is -2.76. The van der Waals surface area contributed by atoms with Crippen molar-refractivity contribution in [2.45, 2.75) is 90.0 Å². The van der Waals surface area contributed by atoms with Gasteiger partial charge in [-0.3, -0.25) is 14.4 Å². The summed E-state index contributed by atoms with van der Waals surface area (Å²) in [6.07, 6.45) is -2.54. The number of H-pyrrole nitrogens is 1. The van der Waals surface area contributed by atoms with Crippen LogP contribution < -0.4 is 16.0 Å². The van der Waals surface area contributed by atoms with Crippen LogP contribution in [0, 0.1) is 17.7 Å². The maximum absolute atomic E-state index is 14.5. The Labute approximate surface area is 280 Å². The zero-order valence-electron chi connectivity index (χ0n) is 27.7. The minimum atomic E-state index is -4.62. The topological polar surface area (TPSA) is 142 Å². The van der Waals surface area contributed by atoms with Crippen LogP contribution in [0.15, 0.2) is 53.3 Å². The van der Waals surface area contributed by atoms with Crippen molar-refractivity contribution in [3.8, 4) is 0 Å². The molecular formula is C35H40F4N6O4. The van der Waals surface area contributed by atoms with Crippen LogP contribution in [0.4, 0.5) is 17.6 Å². The van der Waals surface area contributed by atoms with E-state index in [0.717, 1.165) is 6.07 Å². The smallest absolute Gasteiger partial charge is 0.358 e. The number of nitrogens with one attached hydrogen (secondary N) is 4. The van der Waals surface area contributed by atoms with Crippen molar-refractivity contribution in [2.24, 2.45) is 11.8 Å². The number of carbonyl (C=O) groups is 3. The van der Waals surface area contributed by atoms with Gasteiger partial charge in [-0.1, -0.05) is 76.0 Å². The van der Waals surface area contributed by atoms with E-state index in [1.54, 1.807) is 19.1 Å². The SMILES string of the molecule is CCC(C)[C@H](NC(=O)[C@@]1(NC(=O)[C@H](NC(=O)Cc2ccccc2F)C(C)CC)CCc2[nH]c3c(C(F)(F)F)cccc3c2C1)c1ncno1. The third kappa shape index (κ3) is 7.47. The Kier molecular flexibility index (Phi) is 10.4. The molecule has 2 heterocycles. The fraction of sp³-hybridized carbons (Fsp3) is 0.457. The third-order valence-corrected chi connectivity index (χ3v) is 9.68. The van der Waals surface area contributed by atoms with Gasteiger partial charge in [-0.05, 0) is 47.9 Å². The number of benzene rings is 2. The summed E-state index contributed by atoms with van der Waals surface area (Å²) in [6, 6.07) is 7.88. The molecule has 1 aliphatic carbocycles. The van der Waals surface area contributed by atoms with Crippen LogP contribution >= 0.6 is 0 Å². The molecule has 262 valence electrons. The summed E-state index contributed by atoms with van der Waals surface area (Å²) in [4.78, 5) is 48.9. The van der Waals surface area contributed by atoms with Crippen molar-refractivity contribution >= 4 is 28.6 Å². The molecule has 0 saturated carbocycles. The van der Waals surface area contributed by atoms with Gasteiger partial charge in [0.1, 0.15) is 23.4 Å². The van der Waals surface area contributed by atoms with Crippen LogP contribution in [0.2, 0.25) is 0 Å². The molecule has 0 saturated heterocycles. The number of hydrogen-bond acceptors (Lipinski definition) is 6. The van der Waals surface area contributed by atoms with E-state index < -0.39 is 58.8 Å². The van der Waals surface area contributed by atoms with E-state index in [9.17, 15) is 31.9 Å². The van der Waals surface area contributed by atoms with Crippen molar-refractivity contribution in [3.63, 3.8) is 0 Å². The Morgan fingerprint density at radius 3 is 2.41 bits per heavy atom. The number of aromatic amines is 1. The molecule has 0 radical (unpaired) electrons. The highest BCUT2D eigenvalue weighted by atomic mass is 19.4. The van der Waals surface area contributed by atoms with Gasteiger partial charge in [0.15, 0.2) is 6.33 Å². The lowest BCUT2D eigenvalue weighted by atomic mass is 9.78. The number of aryl methyl sites for hydroxylation is 1. The second kappa shape index (κ2) is 14.4. The lowest BCUT2D eigenvalue weighted by Gasteiger charge is -2.39. The van der Waals surface area contributed by atoms with Crippen LogP contribution in [0.25, 0.3) is 10.9 Å². The van der Waals surface area contributed by atoms with Gasteiger partial charge < -0.3 is 25.5 Å². The number of alkyl halides is 3. The van der Waals surface area contributed by atoms with Crippen LogP contribution in [-0.4, -0.2) is 44.4 Å². The van der Waals surface area contributed by atoms with Gasteiger partial charge >= 0.3 is 6.18 Å². The lowest BCUT2D eigenvalue weighted by molar-refractivity contribution is -0.137. The average Bonchev–Trinajstić information content (AvgIpc) is 3.74. The van der Waals surface area contributed by atoms with E-state index in [2.05, 4.69) is 31.1 Å². The van der Waals surface area contributed by atoms with Crippen molar-refractivity contribution in [3.05, 3.63) is 82.9 Å². The predicted molar refractivity (Wildman–Crippen MR) is 172 cm³/mol. The normalized spacial score (nSPS) is 18.6. The molecule has 49 heavy (non-hydrogen) atoms. The van der Waals surface area contributed by atoms with E-state index >= 15 is 0 Å². The number of hydrogen-bond donors (Lipinski definition) is 4. The van der Waals surface area contributed by atoms with Crippen molar-refractivity contribution in [1.82, 2.24) is 31.1 Å². The Morgan fingerprint density at radius 2 is 1.76 bits per heavy atom. The molecule has 0 spiro atoms. The van der Waals surface area contributed by atoms with Gasteiger partial charge in [-0.2, -0.15) is 18.2 Å². The van der Waals surface area contributed by atoms with E-state index in [-0.39, 0.29) is 48.6 Å². The molecule has 0 aliphatic heterocycles. The van der Waals surface area contributed by atoms with E-state index in [0.29, 0.717) is 29.5 Å². The summed E-state index contributed by atoms with van der Waals surface area (Å²) in [5.41, 5.74) is -1.39. The molecule has 0 fully saturated rings. The maximum atomic E-state index is 14.5. The molecule has 1 aliphatic rings. The Balaban J connectivity index is 1.52. The minimum Gasteiger partial charge on any atom is -0.358 e. The zero-order valence-corrected chi connectivity index (χ0v) is 27.7. The Morgan fingerprint density at radius 1 is 1.02 bits per heavy atom. The molecule has 2 unspecified atom stereocenters. The number of aromatic nitrogens is 3. The highest BCUT2D eigenvalue weighted by Crippen LogP contribution is 2.40. The first-order valence-corrected chi connectivity index (χ1v) is 16.4. The highest BCUT2D eigenvalue weighted by molar-refractivity contribution is 5.97. The summed E-state index contributed by atoms with van der Waals surface area (Å²) in [6.45, 7) is 7.43. The Hall–Kier alpha value is -4.75. The monoisotopic (exact) mass is 684 g/mol. The molecular weight excluding hydrogens is 644 g/mol. The van der Waals surface area contributed by atoms with Gasteiger partial charge in [-0.25, -0.2) is 4.39 Å². The number of halogens is 4. The molecule has 4 N–H and O–H groups in total. The second-order valence-corrected chi connectivity index (χ2v) is 12.9. The number of rotatable bonds is 12. The van der Waals surface area contributed by atoms with Crippen molar-refractivity contribution in [2.75, 3.05) is 0 Å². The molecule has 5 atom stereocenters. The number of amides is 3. The number of nitrogens with zero attached hydrogens (tertiary/aromatic N) is 2. The second-order valence-electron chi connectivity index (χ2n) is 12.9. The standard InChI is InChI=1S/C35H40F4N6O4/c1-5-19(3)28(43-27(46)16-21-10-7-8-13-25(21)36)31(47)45-34(33(48)44-29(20(4)6-2)32-40-18-41-49-32)15-14-26-23(17-34)22-11-9-12-24(30(22)42-26)35(37,38)39/h7-13,18-20,28-29,42H,5-6,14-17H2,1-4H3,(H,43,46)(H,44,48)(H,45,47)/t19?,20?,28-,29+,34-/m1/s1. The predicted octanol–water partition coefficient (Wildman–Crippen LogP) is 5.73. The minimum absolute atomic E-state index is 0.0409. The first kappa shape index (κ1) is 35.6. The molecule has 5 rings (SSSR count). The first-order valence-electron chi connectivity index (χ1n) is 16.4. The van der Waals surface area contributed by atoms with E-state index in [1.807, 2.05) is 20.8 Å². The quantitative estimate of drug-likeness (QED) is 0.141. The molecule has 2 aromatic heterocycles. The van der Waals surface area contributed by atoms with Crippen LogP contribution in [-0.2, 0) is 39.8 Å². The summed E-state index contributed by atoms with van der Waals surface area (Å²) in [5, 5.41) is 12.6. The highest BCUT2D eigenvalue weighted by Gasteiger charge is 2.47. The van der Waals surface area contributed by atoms with Gasteiger partial charge in [-0.15, -0.1) is 0 Å². The zero-order chi connectivity index (χ0) is 35.5. The lowest BCUT2D eigenvalue weighted by Crippen LogP contribution is -2.65. The largest absolute Gasteiger partial charge is 0.418 e. The molecule has 2 aromatic carbocycles. The van der Waals surface area contributed by atoms with E-state index in [4.69, 9.17) is 4.52 Å². The van der Waals surface area contributed by atoms with Gasteiger partial charge in [0.05, 0.1) is 17.5 Å². The third-order valence-electron chi connectivity index (χ3n) is 9.68. The number of fused-ring (bicyclic) bond motifs is 3. The number of para-hydroxylation sites is 1. The van der Waals surface area contributed by atoms with Crippen LogP contribution in [0.1, 0.15) is 81.3 Å². The molecule has 14 heteroatoms. The summed E-state index contributed by atoms with van der Waals surface area (Å²) in [7, 11) is 0. The fourth-order valence-corrected chi connectivity index (χ4v) is 6.40. The average molecular weight is 685 g/mol. The molecule has 3 amide bonds. The molecule has 0 bridgehead atoms. The van der Waals surface area contributed by atoms with E-state index in [1.165, 1.54) is 30.6 Å². The van der Waals surface area contributed by atoms with Crippen molar-refractivity contribution in [1.29, 1.82) is 0 Å². The van der Waals surface area contributed by atoms with Gasteiger partial charge in [0.2, 0.25) is 23.6 Å². The van der Waals surface area contributed by atoms with Gasteiger partial charge in [0.25, 0.3) is 0 Å². The van der Waals surface area contributed by atoms with Crippen LogP contribution in [0.3, 0.4) is 0 Å².